The summed E-state index contributed by atoms with van der Waals surface area (Å²) in [6.07, 6.45) is 5.58. The topological polar surface area (TPSA) is 85.3 Å². The standard InChI is InChI=1S/C19H19FN4O3S/c1-28(25,26)15-3-4-17-16(10-15)19(23-12-22-17)24-8-6-13(7-9-24)27-14-2-5-18(20)21-11-14/h2-5,10-13H,6-9H2,1H3. The summed E-state index contributed by atoms with van der Waals surface area (Å²) in [4.78, 5) is 14.6. The Morgan fingerprint density at radius 3 is 2.57 bits per heavy atom. The van der Waals surface area contributed by atoms with Crippen molar-refractivity contribution in [1.29, 1.82) is 0 Å². The molecule has 1 aliphatic rings. The van der Waals surface area contributed by atoms with E-state index in [0.29, 0.717) is 29.7 Å². The summed E-state index contributed by atoms with van der Waals surface area (Å²) < 4.78 is 42.6. The Hall–Kier alpha value is -2.81. The lowest BCUT2D eigenvalue weighted by Gasteiger charge is -2.33. The third-order valence-electron chi connectivity index (χ3n) is 4.76. The van der Waals surface area contributed by atoms with Crippen LogP contribution in [0.3, 0.4) is 0 Å². The van der Waals surface area contributed by atoms with Crippen LogP contribution in [0.5, 0.6) is 5.75 Å². The van der Waals surface area contributed by atoms with E-state index in [2.05, 4.69) is 19.9 Å². The van der Waals surface area contributed by atoms with Gasteiger partial charge in [-0.15, -0.1) is 0 Å². The molecule has 0 bridgehead atoms. The maximum Gasteiger partial charge on any atom is 0.213 e. The average Bonchev–Trinajstić information content (AvgIpc) is 2.69. The lowest BCUT2D eigenvalue weighted by atomic mass is 10.1. The van der Waals surface area contributed by atoms with Gasteiger partial charge in [-0.2, -0.15) is 4.39 Å². The fourth-order valence-electron chi connectivity index (χ4n) is 3.31. The van der Waals surface area contributed by atoms with Gasteiger partial charge < -0.3 is 9.64 Å². The van der Waals surface area contributed by atoms with E-state index in [1.165, 1.54) is 24.8 Å². The predicted octanol–water partition coefficient (Wildman–Crippen LogP) is 2.62. The third kappa shape index (κ3) is 3.89. The lowest BCUT2D eigenvalue weighted by molar-refractivity contribution is 0.170. The number of halogens is 1. The van der Waals surface area contributed by atoms with Crippen molar-refractivity contribution >= 4 is 26.6 Å². The molecule has 1 fully saturated rings. The molecule has 4 rings (SSSR count). The van der Waals surface area contributed by atoms with Crippen LogP contribution < -0.4 is 9.64 Å². The Morgan fingerprint density at radius 1 is 1.11 bits per heavy atom. The van der Waals surface area contributed by atoms with E-state index in [1.54, 1.807) is 24.3 Å². The molecule has 28 heavy (non-hydrogen) atoms. The minimum atomic E-state index is -3.31. The van der Waals surface area contributed by atoms with Gasteiger partial charge in [0.25, 0.3) is 0 Å². The van der Waals surface area contributed by atoms with Crippen molar-refractivity contribution < 1.29 is 17.5 Å². The predicted molar refractivity (Wildman–Crippen MR) is 103 cm³/mol. The summed E-state index contributed by atoms with van der Waals surface area (Å²) in [6, 6.07) is 7.74. The Morgan fingerprint density at radius 2 is 1.89 bits per heavy atom. The summed E-state index contributed by atoms with van der Waals surface area (Å²) >= 11 is 0. The van der Waals surface area contributed by atoms with Crippen molar-refractivity contribution in [3.05, 3.63) is 48.8 Å². The number of anilines is 1. The zero-order valence-corrected chi connectivity index (χ0v) is 16.1. The normalized spacial score (nSPS) is 15.7. The first kappa shape index (κ1) is 18.5. The van der Waals surface area contributed by atoms with Gasteiger partial charge >= 0.3 is 0 Å². The maximum atomic E-state index is 12.9. The molecule has 3 aromatic rings. The van der Waals surface area contributed by atoms with Crippen molar-refractivity contribution in [1.82, 2.24) is 15.0 Å². The Balaban J connectivity index is 1.52. The number of ether oxygens (including phenoxy) is 1. The van der Waals surface area contributed by atoms with E-state index < -0.39 is 15.8 Å². The molecular weight excluding hydrogens is 383 g/mol. The van der Waals surface area contributed by atoms with E-state index in [1.807, 2.05) is 0 Å². The molecule has 0 saturated carbocycles. The molecule has 9 heteroatoms. The van der Waals surface area contributed by atoms with E-state index in [0.717, 1.165) is 18.7 Å². The minimum Gasteiger partial charge on any atom is -0.489 e. The number of hydrogen-bond acceptors (Lipinski definition) is 7. The molecule has 0 unspecified atom stereocenters. The number of piperidine rings is 1. The van der Waals surface area contributed by atoms with Gasteiger partial charge in [0.1, 0.15) is 24.0 Å². The third-order valence-corrected chi connectivity index (χ3v) is 5.87. The molecule has 7 nitrogen and oxygen atoms in total. The quantitative estimate of drug-likeness (QED) is 0.620. The molecule has 0 radical (unpaired) electrons. The van der Waals surface area contributed by atoms with Gasteiger partial charge in [-0.05, 0) is 30.3 Å². The van der Waals surface area contributed by atoms with Crippen LogP contribution in [0, 0.1) is 5.95 Å². The highest BCUT2D eigenvalue weighted by Crippen LogP contribution is 2.28. The first-order valence-corrected chi connectivity index (χ1v) is 10.8. The van der Waals surface area contributed by atoms with Crippen LogP contribution >= 0.6 is 0 Å². The molecule has 1 saturated heterocycles. The van der Waals surface area contributed by atoms with Crippen molar-refractivity contribution in [3.8, 4) is 5.75 Å². The van der Waals surface area contributed by atoms with Crippen LogP contribution in [-0.4, -0.2) is 48.8 Å². The monoisotopic (exact) mass is 402 g/mol. The zero-order chi connectivity index (χ0) is 19.7. The van der Waals surface area contributed by atoms with Crippen LogP contribution in [-0.2, 0) is 9.84 Å². The first-order valence-electron chi connectivity index (χ1n) is 8.88. The van der Waals surface area contributed by atoms with Crippen molar-refractivity contribution in [3.63, 3.8) is 0 Å². The molecular formula is C19H19FN4O3S. The number of sulfone groups is 1. The average molecular weight is 402 g/mol. The van der Waals surface area contributed by atoms with Crippen LogP contribution in [0.4, 0.5) is 10.2 Å². The molecule has 1 aliphatic heterocycles. The second-order valence-electron chi connectivity index (χ2n) is 6.77. The van der Waals surface area contributed by atoms with E-state index in [9.17, 15) is 12.8 Å². The molecule has 0 N–H and O–H groups in total. The molecule has 0 amide bonds. The Bertz CT molecular complexity index is 1100. The zero-order valence-electron chi connectivity index (χ0n) is 15.2. The number of rotatable bonds is 4. The fraction of sp³-hybridized carbons (Fsp3) is 0.316. The Kier molecular flexibility index (Phi) is 4.84. The van der Waals surface area contributed by atoms with Crippen LogP contribution in [0.1, 0.15) is 12.8 Å². The Labute approximate surface area is 162 Å². The summed E-state index contributed by atoms with van der Waals surface area (Å²) in [5.41, 5.74) is 0.702. The van der Waals surface area contributed by atoms with E-state index in [4.69, 9.17) is 4.74 Å². The summed E-state index contributed by atoms with van der Waals surface area (Å²) in [5.74, 6) is 0.730. The lowest BCUT2D eigenvalue weighted by Crippen LogP contribution is -2.38. The van der Waals surface area contributed by atoms with Gasteiger partial charge in [-0.1, -0.05) is 0 Å². The van der Waals surface area contributed by atoms with Gasteiger partial charge in [0.2, 0.25) is 5.95 Å². The second kappa shape index (κ2) is 7.31. The minimum absolute atomic E-state index is 0.00296. The highest BCUT2D eigenvalue weighted by atomic mass is 32.2. The highest BCUT2D eigenvalue weighted by molar-refractivity contribution is 7.90. The fourth-order valence-corrected chi connectivity index (χ4v) is 3.96. The molecule has 0 spiro atoms. The van der Waals surface area contributed by atoms with Gasteiger partial charge in [0.05, 0.1) is 16.6 Å². The number of fused-ring (bicyclic) bond motifs is 1. The van der Waals surface area contributed by atoms with E-state index in [-0.39, 0.29) is 11.0 Å². The first-order chi connectivity index (χ1) is 13.4. The number of hydrogen-bond donors (Lipinski definition) is 0. The molecule has 3 heterocycles. The molecule has 0 aliphatic carbocycles. The number of benzene rings is 1. The molecule has 2 aromatic heterocycles. The van der Waals surface area contributed by atoms with Gasteiger partial charge in [-0.25, -0.2) is 23.4 Å². The number of nitrogens with zero attached hydrogens (tertiary/aromatic N) is 4. The van der Waals surface area contributed by atoms with Crippen molar-refractivity contribution in [2.75, 3.05) is 24.2 Å². The van der Waals surface area contributed by atoms with E-state index >= 15 is 0 Å². The van der Waals surface area contributed by atoms with Crippen molar-refractivity contribution in [2.45, 2.75) is 23.8 Å². The maximum absolute atomic E-state index is 12.9. The summed E-state index contributed by atoms with van der Waals surface area (Å²) in [5, 5.41) is 0.715. The van der Waals surface area contributed by atoms with Crippen LogP contribution in [0.2, 0.25) is 0 Å². The van der Waals surface area contributed by atoms with Gasteiger partial charge in [-0.3, -0.25) is 0 Å². The number of pyridine rings is 1. The molecule has 0 atom stereocenters. The smallest absolute Gasteiger partial charge is 0.213 e. The van der Waals surface area contributed by atoms with Crippen LogP contribution in [0.15, 0.2) is 47.8 Å². The molecule has 1 aromatic carbocycles. The number of aromatic nitrogens is 3. The van der Waals surface area contributed by atoms with Crippen LogP contribution in [0.25, 0.3) is 10.9 Å². The summed E-state index contributed by atoms with van der Waals surface area (Å²) in [7, 11) is -3.31. The summed E-state index contributed by atoms with van der Waals surface area (Å²) in [6.45, 7) is 1.41. The van der Waals surface area contributed by atoms with Crippen molar-refractivity contribution in [2.24, 2.45) is 0 Å². The second-order valence-corrected chi connectivity index (χ2v) is 8.79. The van der Waals surface area contributed by atoms with Gasteiger partial charge in [0.15, 0.2) is 9.84 Å². The van der Waals surface area contributed by atoms with Gasteiger partial charge in [0, 0.05) is 37.6 Å². The SMILES string of the molecule is CS(=O)(=O)c1ccc2ncnc(N3CCC(Oc4ccc(F)nc4)CC3)c2c1. The molecule has 146 valence electrons. The highest BCUT2D eigenvalue weighted by Gasteiger charge is 2.23. The largest absolute Gasteiger partial charge is 0.489 e.